The van der Waals surface area contributed by atoms with Crippen molar-refractivity contribution in [3.63, 3.8) is 0 Å². The molecule has 0 bridgehead atoms. The van der Waals surface area contributed by atoms with Crippen LogP contribution in [0.2, 0.25) is 0 Å². The van der Waals surface area contributed by atoms with Gasteiger partial charge in [0, 0.05) is 24.4 Å². The van der Waals surface area contributed by atoms with Gasteiger partial charge in [-0.15, -0.1) is 11.3 Å². The van der Waals surface area contributed by atoms with Crippen molar-refractivity contribution >= 4 is 17.2 Å². The minimum Gasteiger partial charge on any atom is -0.343 e. The Bertz CT molecular complexity index is 651. The molecule has 0 fully saturated rings. The van der Waals surface area contributed by atoms with Crippen molar-refractivity contribution in [2.24, 2.45) is 0 Å². The molecule has 7 heteroatoms. The molecule has 118 valence electrons. The second-order valence-electron chi connectivity index (χ2n) is 5.90. The SMILES string of the molecule is Cc1nc2c(s1)CCC[C@@H]2CN(C)C(=O)[C@H](C)n1cncn1. The highest BCUT2D eigenvalue weighted by molar-refractivity contribution is 7.11. The zero-order valence-electron chi connectivity index (χ0n) is 13.2. The number of aromatic nitrogens is 4. The number of carbonyl (C=O) groups excluding carboxylic acids is 1. The van der Waals surface area contributed by atoms with Gasteiger partial charge in [0.25, 0.3) is 0 Å². The molecule has 1 aliphatic carbocycles. The summed E-state index contributed by atoms with van der Waals surface area (Å²) in [7, 11) is 1.86. The van der Waals surface area contributed by atoms with E-state index in [0.29, 0.717) is 12.5 Å². The second kappa shape index (κ2) is 6.16. The Kier molecular flexibility index (Phi) is 4.24. The van der Waals surface area contributed by atoms with Gasteiger partial charge in [-0.3, -0.25) is 4.79 Å². The van der Waals surface area contributed by atoms with Gasteiger partial charge < -0.3 is 4.90 Å². The van der Waals surface area contributed by atoms with Gasteiger partial charge in [-0.1, -0.05) is 0 Å². The number of fused-ring (bicyclic) bond motifs is 1. The van der Waals surface area contributed by atoms with Gasteiger partial charge in [0.05, 0.1) is 10.7 Å². The number of rotatable bonds is 4. The van der Waals surface area contributed by atoms with E-state index in [1.165, 1.54) is 23.3 Å². The number of hydrogen-bond acceptors (Lipinski definition) is 5. The predicted octanol–water partition coefficient (Wildman–Crippen LogP) is 2.18. The van der Waals surface area contributed by atoms with Gasteiger partial charge in [0.2, 0.25) is 5.91 Å². The number of thiazole rings is 1. The van der Waals surface area contributed by atoms with Crippen LogP contribution in [0.3, 0.4) is 0 Å². The van der Waals surface area contributed by atoms with E-state index in [1.54, 1.807) is 27.2 Å². The molecule has 0 aromatic carbocycles. The average molecular weight is 319 g/mol. The fourth-order valence-electron chi connectivity index (χ4n) is 3.08. The van der Waals surface area contributed by atoms with Crippen LogP contribution in [0.4, 0.5) is 0 Å². The van der Waals surface area contributed by atoms with Crippen molar-refractivity contribution in [3.8, 4) is 0 Å². The number of hydrogen-bond donors (Lipinski definition) is 0. The Balaban J connectivity index is 1.69. The Morgan fingerprint density at radius 3 is 3.14 bits per heavy atom. The standard InChI is InChI=1S/C15H21N5OS/c1-10(20-9-16-8-17-20)15(21)19(3)7-12-5-4-6-13-14(12)18-11(2)22-13/h8-10,12H,4-7H2,1-3H3/t10-,12+/m0/s1. The summed E-state index contributed by atoms with van der Waals surface area (Å²) in [6, 6.07) is -0.326. The van der Waals surface area contributed by atoms with Crippen LogP contribution < -0.4 is 0 Å². The highest BCUT2D eigenvalue weighted by Crippen LogP contribution is 2.35. The van der Waals surface area contributed by atoms with Crippen LogP contribution >= 0.6 is 11.3 Å². The third-order valence-corrected chi connectivity index (χ3v) is 5.29. The summed E-state index contributed by atoms with van der Waals surface area (Å²) in [6.45, 7) is 4.63. The number of likely N-dealkylation sites (N-methyl/N-ethyl adjacent to an activating group) is 1. The zero-order chi connectivity index (χ0) is 15.7. The van der Waals surface area contributed by atoms with Crippen molar-refractivity contribution in [1.82, 2.24) is 24.6 Å². The van der Waals surface area contributed by atoms with Crippen LogP contribution in [-0.2, 0) is 11.2 Å². The summed E-state index contributed by atoms with van der Waals surface area (Å²) in [4.78, 5) is 24.4. The molecule has 0 unspecified atom stereocenters. The van der Waals surface area contributed by atoms with Gasteiger partial charge >= 0.3 is 0 Å². The monoisotopic (exact) mass is 319 g/mol. The molecule has 0 spiro atoms. The Morgan fingerprint density at radius 1 is 1.59 bits per heavy atom. The average Bonchev–Trinajstić information content (AvgIpc) is 3.14. The van der Waals surface area contributed by atoms with E-state index in [9.17, 15) is 4.79 Å². The maximum absolute atomic E-state index is 12.6. The van der Waals surface area contributed by atoms with E-state index in [1.807, 2.05) is 14.0 Å². The molecular formula is C15H21N5OS. The molecule has 22 heavy (non-hydrogen) atoms. The molecular weight excluding hydrogens is 298 g/mol. The van der Waals surface area contributed by atoms with Crippen molar-refractivity contribution in [2.45, 2.75) is 45.1 Å². The molecule has 0 N–H and O–H groups in total. The molecule has 2 atom stereocenters. The number of aryl methyl sites for hydroxylation is 2. The maximum Gasteiger partial charge on any atom is 0.246 e. The highest BCUT2D eigenvalue weighted by atomic mass is 32.1. The van der Waals surface area contributed by atoms with E-state index in [0.717, 1.165) is 17.8 Å². The lowest BCUT2D eigenvalue weighted by atomic mass is 9.90. The number of nitrogens with zero attached hydrogens (tertiary/aromatic N) is 5. The molecule has 0 aliphatic heterocycles. The Hall–Kier alpha value is -1.76. The third-order valence-electron chi connectivity index (χ3n) is 4.24. The van der Waals surface area contributed by atoms with Crippen LogP contribution in [0.5, 0.6) is 0 Å². The first kappa shape index (κ1) is 15.1. The summed E-state index contributed by atoms with van der Waals surface area (Å²) in [5.41, 5.74) is 1.21. The van der Waals surface area contributed by atoms with E-state index >= 15 is 0 Å². The molecule has 2 heterocycles. The Labute approximate surface area is 134 Å². The van der Waals surface area contributed by atoms with Gasteiger partial charge in [0.15, 0.2) is 0 Å². The van der Waals surface area contributed by atoms with Crippen molar-refractivity contribution in [2.75, 3.05) is 13.6 Å². The first-order valence-corrected chi connectivity index (χ1v) is 8.43. The lowest BCUT2D eigenvalue weighted by molar-refractivity contribution is -0.133. The third kappa shape index (κ3) is 2.90. The zero-order valence-corrected chi connectivity index (χ0v) is 14.0. The smallest absolute Gasteiger partial charge is 0.246 e. The molecule has 2 aromatic rings. The summed E-state index contributed by atoms with van der Waals surface area (Å²) < 4.78 is 1.60. The quantitative estimate of drug-likeness (QED) is 0.866. The highest BCUT2D eigenvalue weighted by Gasteiger charge is 2.28. The van der Waals surface area contributed by atoms with Crippen LogP contribution in [0.25, 0.3) is 0 Å². The largest absolute Gasteiger partial charge is 0.343 e. The van der Waals surface area contributed by atoms with E-state index in [4.69, 9.17) is 4.98 Å². The minimum atomic E-state index is -0.326. The molecule has 1 aliphatic rings. The lowest BCUT2D eigenvalue weighted by Crippen LogP contribution is -2.36. The van der Waals surface area contributed by atoms with E-state index < -0.39 is 0 Å². The topological polar surface area (TPSA) is 63.9 Å². The molecule has 0 radical (unpaired) electrons. The number of amides is 1. The van der Waals surface area contributed by atoms with E-state index in [2.05, 4.69) is 17.0 Å². The van der Waals surface area contributed by atoms with Gasteiger partial charge in [-0.25, -0.2) is 14.6 Å². The van der Waals surface area contributed by atoms with Gasteiger partial charge in [-0.05, 0) is 33.1 Å². The predicted molar refractivity (Wildman–Crippen MR) is 84.9 cm³/mol. The number of carbonyl (C=O) groups is 1. The first-order valence-electron chi connectivity index (χ1n) is 7.61. The molecule has 2 aromatic heterocycles. The molecule has 1 amide bonds. The fraction of sp³-hybridized carbons (Fsp3) is 0.600. The van der Waals surface area contributed by atoms with Crippen LogP contribution in [0.15, 0.2) is 12.7 Å². The molecule has 6 nitrogen and oxygen atoms in total. The molecule has 0 saturated carbocycles. The van der Waals surface area contributed by atoms with Crippen molar-refractivity contribution < 1.29 is 4.79 Å². The summed E-state index contributed by atoms with van der Waals surface area (Å²) in [6.07, 6.45) is 6.45. The molecule has 0 saturated heterocycles. The first-order chi connectivity index (χ1) is 10.6. The maximum atomic E-state index is 12.6. The van der Waals surface area contributed by atoms with Crippen molar-refractivity contribution in [3.05, 3.63) is 28.2 Å². The van der Waals surface area contributed by atoms with E-state index in [-0.39, 0.29) is 11.9 Å². The van der Waals surface area contributed by atoms with Gasteiger partial charge in [-0.2, -0.15) is 5.10 Å². The van der Waals surface area contributed by atoms with Crippen LogP contribution in [0, 0.1) is 6.92 Å². The normalized spacial score (nSPS) is 18.8. The van der Waals surface area contributed by atoms with Crippen molar-refractivity contribution in [1.29, 1.82) is 0 Å². The van der Waals surface area contributed by atoms with Crippen LogP contribution in [-0.4, -0.2) is 44.1 Å². The van der Waals surface area contributed by atoms with Gasteiger partial charge in [0.1, 0.15) is 18.7 Å². The summed E-state index contributed by atoms with van der Waals surface area (Å²) >= 11 is 1.80. The summed E-state index contributed by atoms with van der Waals surface area (Å²) in [5, 5.41) is 5.18. The van der Waals surface area contributed by atoms with Crippen LogP contribution in [0.1, 0.15) is 47.3 Å². The Morgan fingerprint density at radius 2 is 2.41 bits per heavy atom. The summed E-state index contributed by atoms with van der Waals surface area (Å²) in [5.74, 6) is 0.412. The molecule has 3 rings (SSSR count). The second-order valence-corrected chi connectivity index (χ2v) is 7.19. The lowest BCUT2D eigenvalue weighted by Gasteiger charge is -2.28. The fourth-order valence-corrected chi connectivity index (χ4v) is 4.14. The minimum absolute atomic E-state index is 0.0598.